The van der Waals surface area contributed by atoms with Gasteiger partial charge in [0.15, 0.2) is 0 Å². The fourth-order valence-electron chi connectivity index (χ4n) is 1.67. The summed E-state index contributed by atoms with van der Waals surface area (Å²) in [6.07, 6.45) is 4.34. The monoisotopic (exact) mass is 234 g/mol. The van der Waals surface area contributed by atoms with E-state index < -0.39 is 7.12 Å². The summed E-state index contributed by atoms with van der Waals surface area (Å²) in [5.74, 6) is 0. The summed E-state index contributed by atoms with van der Waals surface area (Å²) in [6.45, 7) is 10.2. The molecule has 2 heterocycles. The molecule has 4 nitrogen and oxygen atoms in total. The first-order valence-electron chi connectivity index (χ1n) is 6.02. The molecule has 2 rings (SSSR count). The lowest BCUT2D eigenvalue weighted by Gasteiger charge is -2.32. The minimum atomic E-state index is -0.418. The van der Waals surface area contributed by atoms with Crippen molar-refractivity contribution >= 4 is 12.7 Å². The molecule has 0 bridgehead atoms. The first-order chi connectivity index (χ1) is 7.86. The number of aryl methyl sites for hydroxylation is 1. The van der Waals surface area contributed by atoms with Crippen LogP contribution in [-0.2, 0) is 15.7 Å². The van der Waals surface area contributed by atoms with Gasteiger partial charge in [-0.3, -0.25) is 9.97 Å². The zero-order chi connectivity index (χ0) is 12.7. The van der Waals surface area contributed by atoms with Crippen LogP contribution in [0.3, 0.4) is 0 Å². The molecule has 0 N–H and O–H groups in total. The summed E-state index contributed by atoms with van der Waals surface area (Å²) in [7, 11) is -0.418. The Morgan fingerprint density at radius 2 is 1.71 bits per heavy atom. The molecular weight excluding hydrogens is 215 g/mol. The van der Waals surface area contributed by atoms with E-state index in [2.05, 4.69) is 16.9 Å². The molecule has 0 aromatic carbocycles. The third-order valence-corrected chi connectivity index (χ3v) is 3.56. The molecule has 1 aliphatic heterocycles. The highest BCUT2D eigenvalue weighted by Gasteiger charge is 2.52. The minimum Gasteiger partial charge on any atom is -0.398 e. The second kappa shape index (κ2) is 4.07. The Morgan fingerprint density at radius 3 is 2.24 bits per heavy atom. The van der Waals surface area contributed by atoms with Crippen LogP contribution in [0.4, 0.5) is 0 Å². The van der Waals surface area contributed by atoms with E-state index in [0.29, 0.717) is 0 Å². The van der Waals surface area contributed by atoms with Gasteiger partial charge >= 0.3 is 7.12 Å². The maximum absolute atomic E-state index is 5.92. The summed E-state index contributed by atoms with van der Waals surface area (Å²) in [6, 6.07) is 0. The van der Waals surface area contributed by atoms with Gasteiger partial charge in [0, 0.05) is 12.4 Å². The average Bonchev–Trinajstić information content (AvgIpc) is 2.48. The number of hydrogen-bond donors (Lipinski definition) is 0. The largest absolute Gasteiger partial charge is 0.516 e. The second-order valence-corrected chi connectivity index (χ2v) is 5.38. The van der Waals surface area contributed by atoms with Gasteiger partial charge in [0.25, 0.3) is 0 Å². The molecule has 5 heteroatoms. The first kappa shape index (κ1) is 12.5. The van der Waals surface area contributed by atoms with Gasteiger partial charge in [0.2, 0.25) is 0 Å². The van der Waals surface area contributed by atoms with Gasteiger partial charge in [0.1, 0.15) is 0 Å². The van der Waals surface area contributed by atoms with Crippen molar-refractivity contribution in [3.63, 3.8) is 0 Å². The lowest BCUT2D eigenvalue weighted by Crippen LogP contribution is -2.41. The number of hydrogen-bond acceptors (Lipinski definition) is 4. The topological polar surface area (TPSA) is 44.2 Å². The van der Waals surface area contributed by atoms with E-state index in [1.54, 1.807) is 12.4 Å². The predicted octanol–water partition coefficient (Wildman–Crippen LogP) is 1.34. The first-order valence-corrected chi connectivity index (χ1v) is 6.02. The van der Waals surface area contributed by atoms with Crippen LogP contribution in [0.2, 0.25) is 0 Å². The van der Waals surface area contributed by atoms with Gasteiger partial charge in [-0.2, -0.15) is 0 Å². The number of rotatable bonds is 2. The average molecular weight is 234 g/mol. The van der Waals surface area contributed by atoms with Crippen molar-refractivity contribution in [2.24, 2.45) is 0 Å². The summed E-state index contributed by atoms with van der Waals surface area (Å²) < 4.78 is 11.8. The third kappa shape index (κ3) is 2.22. The molecule has 0 spiro atoms. The smallest absolute Gasteiger partial charge is 0.398 e. The van der Waals surface area contributed by atoms with Crippen LogP contribution in [0.1, 0.15) is 40.3 Å². The van der Waals surface area contributed by atoms with Crippen LogP contribution in [0.25, 0.3) is 0 Å². The van der Waals surface area contributed by atoms with Gasteiger partial charge < -0.3 is 9.31 Å². The molecule has 1 saturated heterocycles. The van der Waals surface area contributed by atoms with Gasteiger partial charge in [-0.15, -0.1) is 0 Å². The van der Waals surface area contributed by atoms with Crippen molar-refractivity contribution in [2.75, 3.05) is 0 Å². The Morgan fingerprint density at radius 1 is 1.12 bits per heavy atom. The van der Waals surface area contributed by atoms with E-state index in [4.69, 9.17) is 9.31 Å². The normalized spacial score (nSPS) is 21.8. The van der Waals surface area contributed by atoms with Crippen molar-refractivity contribution in [1.82, 2.24) is 9.97 Å². The van der Waals surface area contributed by atoms with Crippen molar-refractivity contribution in [1.29, 1.82) is 0 Å². The standard InChI is InChI=1S/C12H19BN2O2/c1-6-9-7-14-8-10(15-9)13-16-11(2,3)12(4,5)17-13/h7-8H,6H2,1-5H3. The van der Waals surface area contributed by atoms with Crippen molar-refractivity contribution in [2.45, 2.75) is 52.2 Å². The van der Waals surface area contributed by atoms with E-state index in [1.165, 1.54) is 0 Å². The molecule has 0 aliphatic carbocycles. The van der Waals surface area contributed by atoms with E-state index in [9.17, 15) is 0 Å². The summed E-state index contributed by atoms with van der Waals surface area (Å²) in [5.41, 5.74) is 1.04. The van der Waals surface area contributed by atoms with Crippen LogP contribution >= 0.6 is 0 Å². The van der Waals surface area contributed by atoms with Crippen molar-refractivity contribution in [3.8, 4) is 0 Å². The van der Waals surface area contributed by atoms with Gasteiger partial charge in [-0.1, -0.05) is 6.92 Å². The molecular formula is C12H19BN2O2. The fourth-order valence-corrected chi connectivity index (χ4v) is 1.67. The summed E-state index contributed by atoms with van der Waals surface area (Å²) in [4.78, 5) is 8.66. The van der Waals surface area contributed by atoms with Crippen LogP contribution in [0.15, 0.2) is 12.4 Å². The van der Waals surface area contributed by atoms with Gasteiger partial charge in [-0.25, -0.2) is 0 Å². The maximum atomic E-state index is 5.92. The molecule has 17 heavy (non-hydrogen) atoms. The van der Waals surface area contributed by atoms with Crippen LogP contribution in [-0.4, -0.2) is 28.3 Å². The maximum Gasteiger partial charge on any atom is 0.516 e. The molecule has 0 radical (unpaired) electrons. The Labute approximate surface area is 103 Å². The van der Waals surface area contributed by atoms with E-state index in [0.717, 1.165) is 17.7 Å². The Balaban J connectivity index is 2.25. The lowest BCUT2D eigenvalue weighted by atomic mass is 9.85. The second-order valence-electron chi connectivity index (χ2n) is 5.38. The van der Waals surface area contributed by atoms with E-state index in [1.807, 2.05) is 27.7 Å². The fraction of sp³-hybridized carbons (Fsp3) is 0.667. The highest BCUT2D eigenvalue weighted by atomic mass is 16.7. The highest BCUT2D eigenvalue weighted by Crippen LogP contribution is 2.36. The number of aromatic nitrogens is 2. The predicted molar refractivity (Wildman–Crippen MR) is 67.1 cm³/mol. The van der Waals surface area contributed by atoms with Gasteiger partial charge in [0.05, 0.1) is 22.5 Å². The van der Waals surface area contributed by atoms with Crippen LogP contribution < -0.4 is 5.59 Å². The zero-order valence-corrected chi connectivity index (χ0v) is 11.2. The van der Waals surface area contributed by atoms with Gasteiger partial charge in [-0.05, 0) is 34.1 Å². The number of nitrogens with zero attached hydrogens (tertiary/aromatic N) is 2. The SMILES string of the molecule is CCc1cncc(B2OC(C)(C)C(C)(C)O2)n1. The quantitative estimate of drug-likeness (QED) is 0.724. The summed E-state index contributed by atoms with van der Waals surface area (Å²) >= 11 is 0. The molecule has 1 aromatic rings. The Hall–Kier alpha value is -0.935. The minimum absolute atomic E-state index is 0.332. The Kier molecular flexibility index (Phi) is 3.00. The lowest BCUT2D eigenvalue weighted by molar-refractivity contribution is 0.00578. The van der Waals surface area contributed by atoms with E-state index >= 15 is 0 Å². The zero-order valence-electron chi connectivity index (χ0n) is 11.2. The molecule has 0 unspecified atom stereocenters. The highest BCUT2D eigenvalue weighted by molar-refractivity contribution is 6.61. The summed E-state index contributed by atoms with van der Waals surface area (Å²) in [5, 5.41) is 0. The molecule has 0 amide bonds. The molecule has 92 valence electrons. The molecule has 0 atom stereocenters. The molecule has 1 aromatic heterocycles. The van der Waals surface area contributed by atoms with Crippen molar-refractivity contribution in [3.05, 3.63) is 18.1 Å². The van der Waals surface area contributed by atoms with Crippen LogP contribution in [0, 0.1) is 0 Å². The molecule has 0 saturated carbocycles. The molecule has 1 aliphatic rings. The van der Waals surface area contributed by atoms with E-state index in [-0.39, 0.29) is 11.2 Å². The van der Waals surface area contributed by atoms with Crippen LogP contribution in [0.5, 0.6) is 0 Å². The third-order valence-electron chi connectivity index (χ3n) is 3.56. The molecule has 1 fully saturated rings. The van der Waals surface area contributed by atoms with Crippen molar-refractivity contribution < 1.29 is 9.31 Å². The Bertz CT molecular complexity index is 405.